The molecule has 0 aromatic carbocycles. The van der Waals surface area contributed by atoms with E-state index in [-0.39, 0.29) is 0 Å². The van der Waals surface area contributed by atoms with Crippen LogP contribution >= 0.6 is 22.6 Å². The molecule has 14 heavy (non-hydrogen) atoms. The molecule has 5 heteroatoms. The monoisotopic (exact) mass is 296 g/mol. The first-order valence-electron chi connectivity index (χ1n) is 3.87. The maximum Gasteiger partial charge on any atom is 0.156 e. The highest BCUT2D eigenvalue weighted by Crippen LogP contribution is 2.14. The summed E-state index contributed by atoms with van der Waals surface area (Å²) in [6.07, 6.45) is 4.65. The molecule has 0 saturated carbocycles. The molecule has 0 atom stereocenters. The highest BCUT2D eigenvalue weighted by molar-refractivity contribution is 14.1. The lowest BCUT2D eigenvalue weighted by Gasteiger charge is -2.00. The van der Waals surface area contributed by atoms with Gasteiger partial charge in [0, 0.05) is 9.65 Å². The molecule has 2 rings (SSSR count). The van der Waals surface area contributed by atoms with Crippen LogP contribution in [0.25, 0.3) is 11.7 Å². The Bertz CT molecular complexity index is 535. The number of aromatic nitrogens is 3. The Kier molecular flexibility index (Phi) is 2.45. The van der Waals surface area contributed by atoms with Gasteiger partial charge >= 0.3 is 0 Å². The molecule has 0 amide bonds. The third-order valence-electron chi connectivity index (χ3n) is 1.74. The zero-order valence-corrected chi connectivity index (χ0v) is 9.21. The van der Waals surface area contributed by atoms with E-state index in [1.807, 2.05) is 18.2 Å². The predicted octanol–water partition coefficient (Wildman–Crippen LogP) is 1.87. The van der Waals surface area contributed by atoms with Crippen molar-refractivity contribution >= 4 is 34.3 Å². The van der Waals surface area contributed by atoms with Gasteiger partial charge in [-0.25, -0.2) is 9.50 Å². The molecule has 0 spiro atoms. The van der Waals surface area contributed by atoms with Gasteiger partial charge in [0.15, 0.2) is 5.65 Å². The molecule has 0 unspecified atom stereocenters. The van der Waals surface area contributed by atoms with Crippen molar-refractivity contribution < 1.29 is 0 Å². The lowest BCUT2D eigenvalue weighted by atomic mass is 10.3. The average molecular weight is 296 g/mol. The second-order valence-corrected chi connectivity index (χ2v) is 3.72. The van der Waals surface area contributed by atoms with Crippen molar-refractivity contribution in [3.8, 4) is 6.07 Å². The van der Waals surface area contributed by atoms with E-state index in [9.17, 15) is 0 Å². The van der Waals surface area contributed by atoms with Gasteiger partial charge in [-0.15, -0.1) is 0 Å². The van der Waals surface area contributed by atoms with Crippen molar-refractivity contribution in [2.45, 2.75) is 0 Å². The van der Waals surface area contributed by atoms with Gasteiger partial charge in [-0.1, -0.05) is 0 Å². The molecule has 0 aliphatic heterocycles. The standard InChI is InChI=1S/C9H5IN4/c10-7-3-4-9-12-6-13-14(9)8(7)2-1-5-11/h1-4,6H/b2-1+. The third kappa shape index (κ3) is 1.48. The predicted molar refractivity (Wildman–Crippen MR) is 60.4 cm³/mol. The topological polar surface area (TPSA) is 54.0 Å². The molecule has 0 aliphatic carbocycles. The van der Waals surface area contributed by atoms with E-state index in [2.05, 4.69) is 32.7 Å². The summed E-state index contributed by atoms with van der Waals surface area (Å²) in [4.78, 5) is 4.06. The first kappa shape index (κ1) is 9.15. The summed E-state index contributed by atoms with van der Waals surface area (Å²) in [6.45, 7) is 0. The molecule has 2 aromatic rings. The molecule has 0 N–H and O–H groups in total. The number of rotatable bonds is 1. The number of nitriles is 1. The number of hydrogen-bond acceptors (Lipinski definition) is 3. The highest BCUT2D eigenvalue weighted by Gasteiger charge is 2.03. The molecule has 68 valence electrons. The van der Waals surface area contributed by atoms with Crippen LogP contribution in [0.15, 0.2) is 24.5 Å². The number of fused-ring (bicyclic) bond motifs is 1. The summed E-state index contributed by atoms with van der Waals surface area (Å²) in [7, 11) is 0. The van der Waals surface area contributed by atoms with Crippen molar-refractivity contribution in [3.05, 3.63) is 33.8 Å². The second kappa shape index (κ2) is 3.75. The Morgan fingerprint density at radius 2 is 2.36 bits per heavy atom. The van der Waals surface area contributed by atoms with E-state index in [0.29, 0.717) is 0 Å². The lowest BCUT2D eigenvalue weighted by molar-refractivity contribution is 0.942. The molecule has 0 bridgehead atoms. The third-order valence-corrected chi connectivity index (χ3v) is 2.65. The fourth-order valence-corrected chi connectivity index (χ4v) is 1.74. The molecule has 2 aromatic heterocycles. The van der Waals surface area contributed by atoms with E-state index < -0.39 is 0 Å². The van der Waals surface area contributed by atoms with Crippen LogP contribution in [0, 0.1) is 14.9 Å². The van der Waals surface area contributed by atoms with E-state index in [4.69, 9.17) is 5.26 Å². The van der Waals surface area contributed by atoms with Gasteiger partial charge in [-0.3, -0.25) is 0 Å². The fourth-order valence-electron chi connectivity index (χ4n) is 1.15. The van der Waals surface area contributed by atoms with Crippen LogP contribution in [0.4, 0.5) is 0 Å². The molecule has 0 aliphatic rings. The quantitative estimate of drug-likeness (QED) is 0.596. The van der Waals surface area contributed by atoms with Gasteiger partial charge in [0.05, 0.1) is 11.8 Å². The van der Waals surface area contributed by atoms with Gasteiger partial charge < -0.3 is 0 Å². The number of halogens is 1. The molecule has 0 fully saturated rings. The van der Waals surface area contributed by atoms with Crippen molar-refractivity contribution in [2.75, 3.05) is 0 Å². The Morgan fingerprint density at radius 1 is 1.50 bits per heavy atom. The summed E-state index contributed by atoms with van der Waals surface area (Å²) in [5.41, 5.74) is 1.66. The van der Waals surface area contributed by atoms with Crippen LogP contribution in [0.5, 0.6) is 0 Å². The number of pyridine rings is 1. The fraction of sp³-hybridized carbons (Fsp3) is 0. The second-order valence-electron chi connectivity index (χ2n) is 2.56. The zero-order valence-electron chi connectivity index (χ0n) is 7.05. The summed E-state index contributed by atoms with van der Waals surface area (Å²) in [5.74, 6) is 0. The van der Waals surface area contributed by atoms with Crippen LogP contribution in [-0.2, 0) is 0 Å². The molecule has 0 radical (unpaired) electrons. The number of hydrogen-bond donors (Lipinski definition) is 0. The summed E-state index contributed by atoms with van der Waals surface area (Å²) in [6, 6.07) is 5.79. The van der Waals surface area contributed by atoms with Gasteiger partial charge in [-0.2, -0.15) is 10.4 Å². The normalized spacial score (nSPS) is 10.9. The van der Waals surface area contributed by atoms with Crippen LogP contribution < -0.4 is 0 Å². The molecule has 4 nitrogen and oxygen atoms in total. The SMILES string of the molecule is N#C/C=C/c1c(I)ccc2ncnn12. The first-order valence-corrected chi connectivity index (χ1v) is 4.95. The minimum Gasteiger partial charge on any atom is -0.215 e. The maximum absolute atomic E-state index is 8.46. The largest absolute Gasteiger partial charge is 0.215 e. The van der Waals surface area contributed by atoms with Gasteiger partial charge in [0.25, 0.3) is 0 Å². The van der Waals surface area contributed by atoms with Crippen LogP contribution in [0.1, 0.15) is 5.69 Å². The van der Waals surface area contributed by atoms with E-state index in [1.54, 1.807) is 10.6 Å². The van der Waals surface area contributed by atoms with E-state index in [1.165, 1.54) is 12.4 Å². The molecule has 0 saturated heterocycles. The van der Waals surface area contributed by atoms with Gasteiger partial charge in [0.1, 0.15) is 6.33 Å². The minimum absolute atomic E-state index is 0.781. The van der Waals surface area contributed by atoms with Crippen LogP contribution in [0.2, 0.25) is 0 Å². The molecular formula is C9H5IN4. The minimum atomic E-state index is 0.781. The van der Waals surface area contributed by atoms with Crippen LogP contribution in [0.3, 0.4) is 0 Å². The smallest absolute Gasteiger partial charge is 0.156 e. The lowest BCUT2D eigenvalue weighted by Crippen LogP contribution is -1.95. The van der Waals surface area contributed by atoms with Crippen molar-refractivity contribution in [1.82, 2.24) is 14.6 Å². The summed E-state index contributed by atoms with van der Waals surface area (Å²) >= 11 is 2.20. The van der Waals surface area contributed by atoms with Crippen molar-refractivity contribution in [3.63, 3.8) is 0 Å². The van der Waals surface area contributed by atoms with Gasteiger partial charge in [-0.05, 0) is 40.8 Å². The Balaban J connectivity index is 2.71. The summed E-state index contributed by atoms with van der Waals surface area (Å²) < 4.78 is 2.74. The number of nitrogens with zero attached hydrogens (tertiary/aromatic N) is 4. The number of allylic oxidation sites excluding steroid dienone is 1. The first-order chi connectivity index (χ1) is 6.83. The highest BCUT2D eigenvalue weighted by atomic mass is 127. The summed E-state index contributed by atoms with van der Waals surface area (Å²) in [5, 5.41) is 12.5. The zero-order chi connectivity index (χ0) is 9.97. The Hall–Kier alpha value is -1.42. The van der Waals surface area contributed by atoms with E-state index in [0.717, 1.165) is 14.9 Å². The van der Waals surface area contributed by atoms with Crippen molar-refractivity contribution in [1.29, 1.82) is 5.26 Å². The van der Waals surface area contributed by atoms with Gasteiger partial charge in [0.2, 0.25) is 0 Å². The van der Waals surface area contributed by atoms with E-state index >= 15 is 0 Å². The van der Waals surface area contributed by atoms with Crippen molar-refractivity contribution in [2.24, 2.45) is 0 Å². The molecule has 2 heterocycles. The Morgan fingerprint density at radius 3 is 3.14 bits per heavy atom. The van der Waals surface area contributed by atoms with Crippen LogP contribution in [-0.4, -0.2) is 14.6 Å². The molecular weight excluding hydrogens is 291 g/mol. The Labute approximate surface area is 94.0 Å². The average Bonchev–Trinajstić information content (AvgIpc) is 2.64. The maximum atomic E-state index is 8.46.